The van der Waals surface area contributed by atoms with Crippen molar-refractivity contribution in [1.29, 1.82) is 0 Å². The Balaban J connectivity index is 2.48. The molecule has 1 aliphatic rings. The van der Waals surface area contributed by atoms with Gasteiger partial charge in [-0.05, 0) is 18.6 Å². The average Bonchev–Trinajstić information content (AvgIpc) is 2.93. The highest BCUT2D eigenvalue weighted by Crippen LogP contribution is 2.38. The summed E-state index contributed by atoms with van der Waals surface area (Å²) in [5.41, 5.74) is -1.78. The standard InChI is InChI=1S/C13H15F4N3O/c1-2-8-21-20(12-18-6-7-19-12)11-9(13(15,16)17)4-3-5-10(11)14/h3-5H,2,6-8H2,1H3,(H,18,19). The number of benzene rings is 1. The molecule has 0 saturated heterocycles. The Bertz CT molecular complexity index is 531. The Labute approximate surface area is 119 Å². The lowest BCUT2D eigenvalue weighted by Gasteiger charge is -2.26. The smallest absolute Gasteiger partial charge is 0.352 e. The van der Waals surface area contributed by atoms with Crippen molar-refractivity contribution in [2.45, 2.75) is 19.5 Å². The summed E-state index contributed by atoms with van der Waals surface area (Å²) < 4.78 is 53.3. The van der Waals surface area contributed by atoms with E-state index in [0.717, 1.165) is 23.3 Å². The van der Waals surface area contributed by atoms with E-state index in [1.54, 1.807) is 6.92 Å². The number of hydrogen-bond donors (Lipinski definition) is 1. The van der Waals surface area contributed by atoms with Crippen molar-refractivity contribution in [3.8, 4) is 0 Å². The average molecular weight is 305 g/mol. The van der Waals surface area contributed by atoms with Crippen molar-refractivity contribution >= 4 is 11.6 Å². The van der Waals surface area contributed by atoms with Gasteiger partial charge in [0.05, 0.1) is 18.7 Å². The Morgan fingerprint density at radius 3 is 2.71 bits per heavy atom. The number of rotatable bonds is 4. The molecule has 4 nitrogen and oxygen atoms in total. The number of para-hydroxylation sites is 1. The molecule has 0 spiro atoms. The van der Waals surface area contributed by atoms with Gasteiger partial charge >= 0.3 is 6.18 Å². The lowest BCUT2D eigenvalue weighted by atomic mass is 10.1. The van der Waals surface area contributed by atoms with Crippen LogP contribution in [0.5, 0.6) is 0 Å². The maximum absolute atomic E-state index is 14.0. The number of guanidine groups is 1. The third-order valence-corrected chi connectivity index (χ3v) is 2.77. The first kappa shape index (κ1) is 15.6. The monoisotopic (exact) mass is 305 g/mol. The summed E-state index contributed by atoms with van der Waals surface area (Å²) in [5, 5.41) is 3.59. The molecule has 1 N–H and O–H groups in total. The molecule has 0 saturated carbocycles. The van der Waals surface area contributed by atoms with Crippen molar-refractivity contribution < 1.29 is 22.4 Å². The van der Waals surface area contributed by atoms with Crippen LogP contribution in [-0.4, -0.2) is 25.7 Å². The molecule has 0 aliphatic carbocycles. The zero-order valence-electron chi connectivity index (χ0n) is 11.4. The van der Waals surface area contributed by atoms with E-state index in [9.17, 15) is 17.6 Å². The van der Waals surface area contributed by atoms with Crippen LogP contribution in [0.4, 0.5) is 23.2 Å². The normalized spacial score (nSPS) is 14.8. The van der Waals surface area contributed by atoms with Gasteiger partial charge in [0, 0.05) is 6.54 Å². The van der Waals surface area contributed by atoms with E-state index in [1.807, 2.05) is 0 Å². The lowest BCUT2D eigenvalue weighted by Crippen LogP contribution is -2.40. The quantitative estimate of drug-likeness (QED) is 0.686. The maximum Gasteiger partial charge on any atom is 0.418 e. The first-order valence-corrected chi connectivity index (χ1v) is 6.52. The second-order valence-corrected chi connectivity index (χ2v) is 4.39. The van der Waals surface area contributed by atoms with Crippen LogP contribution in [0.2, 0.25) is 0 Å². The van der Waals surface area contributed by atoms with Crippen LogP contribution in [0.3, 0.4) is 0 Å². The van der Waals surface area contributed by atoms with E-state index in [2.05, 4.69) is 10.3 Å². The molecule has 0 aromatic heterocycles. The topological polar surface area (TPSA) is 36.9 Å². The maximum atomic E-state index is 14.0. The molecule has 8 heteroatoms. The van der Waals surface area contributed by atoms with E-state index in [4.69, 9.17) is 4.84 Å². The fraction of sp³-hybridized carbons (Fsp3) is 0.462. The van der Waals surface area contributed by atoms with E-state index in [-0.39, 0.29) is 12.6 Å². The zero-order chi connectivity index (χ0) is 15.5. The summed E-state index contributed by atoms with van der Waals surface area (Å²) in [6.07, 6.45) is -4.12. The van der Waals surface area contributed by atoms with Crippen molar-refractivity contribution in [3.05, 3.63) is 29.6 Å². The Kier molecular flexibility index (Phi) is 4.66. The van der Waals surface area contributed by atoms with Gasteiger partial charge in [-0.2, -0.15) is 18.2 Å². The molecular weight excluding hydrogens is 290 g/mol. The molecule has 0 atom stereocenters. The van der Waals surface area contributed by atoms with Gasteiger partial charge in [-0.3, -0.25) is 4.84 Å². The SMILES string of the molecule is CCCON(C1=NCCN1)c1c(F)cccc1C(F)(F)F. The van der Waals surface area contributed by atoms with E-state index < -0.39 is 23.2 Å². The molecule has 0 radical (unpaired) electrons. The summed E-state index contributed by atoms with van der Waals surface area (Å²) in [4.78, 5) is 9.28. The number of anilines is 1. The van der Waals surface area contributed by atoms with Gasteiger partial charge in [0.1, 0.15) is 11.5 Å². The molecule has 21 heavy (non-hydrogen) atoms. The van der Waals surface area contributed by atoms with Crippen LogP contribution in [0, 0.1) is 5.82 Å². The molecule has 1 aromatic carbocycles. The number of alkyl halides is 3. The van der Waals surface area contributed by atoms with Crippen molar-refractivity contribution in [2.75, 3.05) is 24.8 Å². The molecule has 0 bridgehead atoms. The van der Waals surface area contributed by atoms with Gasteiger partial charge in [0.25, 0.3) is 0 Å². The molecule has 0 unspecified atom stereocenters. The molecule has 0 amide bonds. The third kappa shape index (κ3) is 3.44. The number of halogens is 4. The molecule has 0 fully saturated rings. The molecule has 1 aliphatic heterocycles. The fourth-order valence-corrected chi connectivity index (χ4v) is 1.89. The van der Waals surface area contributed by atoms with Gasteiger partial charge in [0.2, 0.25) is 5.96 Å². The van der Waals surface area contributed by atoms with Crippen LogP contribution in [-0.2, 0) is 11.0 Å². The number of hydroxylamine groups is 1. The van der Waals surface area contributed by atoms with Gasteiger partial charge in [-0.15, -0.1) is 0 Å². The highest BCUT2D eigenvalue weighted by molar-refractivity contribution is 5.96. The predicted molar refractivity (Wildman–Crippen MR) is 70.4 cm³/mol. The van der Waals surface area contributed by atoms with Crippen LogP contribution >= 0.6 is 0 Å². The number of hydrogen-bond acceptors (Lipinski definition) is 4. The fourth-order valence-electron chi connectivity index (χ4n) is 1.89. The summed E-state index contributed by atoms with van der Waals surface area (Å²) in [7, 11) is 0. The van der Waals surface area contributed by atoms with Crippen molar-refractivity contribution in [2.24, 2.45) is 4.99 Å². The molecule has 116 valence electrons. The first-order valence-electron chi connectivity index (χ1n) is 6.52. The van der Waals surface area contributed by atoms with E-state index >= 15 is 0 Å². The number of aliphatic imine (C=N–C) groups is 1. The van der Waals surface area contributed by atoms with Crippen LogP contribution in [0.15, 0.2) is 23.2 Å². The summed E-state index contributed by atoms with van der Waals surface area (Å²) >= 11 is 0. The van der Waals surface area contributed by atoms with Crippen molar-refractivity contribution in [1.82, 2.24) is 5.32 Å². The van der Waals surface area contributed by atoms with E-state index in [1.165, 1.54) is 0 Å². The second-order valence-electron chi connectivity index (χ2n) is 4.39. The molecular formula is C13H15F4N3O. The van der Waals surface area contributed by atoms with Crippen LogP contribution in [0.25, 0.3) is 0 Å². The third-order valence-electron chi connectivity index (χ3n) is 2.77. The van der Waals surface area contributed by atoms with Gasteiger partial charge < -0.3 is 5.32 Å². The van der Waals surface area contributed by atoms with Crippen LogP contribution in [0.1, 0.15) is 18.9 Å². The predicted octanol–water partition coefficient (Wildman–Crippen LogP) is 2.95. The number of nitrogens with one attached hydrogen (secondary N) is 1. The van der Waals surface area contributed by atoms with Gasteiger partial charge in [-0.1, -0.05) is 13.0 Å². The van der Waals surface area contributed by atoms with Gasteiger partial charge in [0.15, 0.2) is 0 Å². The molecule has 1 heterocycles. The minimum absolute atomic E-state index is 0.0825. The Morgan fingerprint density at radius 1 is 1.38 bits per heavy atom. The summed E-state index contributed by atoms with van der Waals surface area (Å²) in [6, 6.07) is 2.79. The molecule has 1 aromatic rings. The molecule has 2 rings (SSSR count). The lowest BCUT2D eigenvalue weighted by molar-refractivity contribution is -0.137. The zero-order valence-corrected chi connectivity index (χ0v) is 11.4. The minimum Gasteiger partial charge on any atom is -0.352 e. The highest BCUT2D eigenvalue weighted by Gasteiger charge is 2.38. The summed E-state index contributed by atoms with van der Waals surface area (Å²) in [6.45, 7) is 2.81. The first-order chi connectivity index (χ1) is 9.95. The van der Waals surface area contributed by atoms with E-state index in [0.29, 0.717) is 19.5 Å². The van der Waals surface area contributed by atoms with Gasteiger partial charge in [-0.25, -0.2) is 9.38 Å². The van der Waals surface area contributed by atoms with Crippen molar-refractivity contribution in [3.63, 3.8) is 0 Å². The second kappa shape index (κ2) is 6.30. The largest absolute Gasteiger partial charge is 0.418 e. The Hall–Kier alpha value is -1.83. The highest BCUT2D eigenvalue weighted by atomic mass is 19.4. The minimum atomic E-state index is -4.69. The van der Waals surface area contributed by atoms with Crippen LogP contribution < -0.4 is 10.4 Å². The number of nitrogens with zero attached hydrogens (tertiary/aromatic N) is 2. The Morgan fingerprint density at radius 2 is 2.14 bits per heavy atom. The summed E-state index contributed by atoms with van der Waals surface area (Å²) in [5.74, 6) is -0.934.